The van der Waals surface area contributed by atoms with Gasteiger partial charge < -0.3 is 4.90 Å². The minimum absolute atomic E-state index is 0.209. The zero-order chi connectivity index (χ0) is 20.3. The number of nitrogens with zero attached hydrogens (tertiary/aromatic N) is 2. The molecule has 0 spiro atoms. The van der Waals surface area contributed by atoms with Crippen LogP contribution in [0, 0.1) is 5.82 Å². The Kier molecular flexibility index (Phi) is 6.15. The fraction of sp³-hybridized carbons (Fsp3) is 0.381. The highest BCUT2D eigenvalue weighted by molar-refractivity contribution is 7.89. The van der Waals surface area contributed by atoms with Gasteiger partial charge >= 0.3 is 0 Å². The van der Waals surface area contributed by atoms with E-state index < -0.39 is 10.0 Å². The van der Waals surface area contributed by atoms with Crippen molar-refractivity contribution < 1.29 is 17.6 Å². The summed E-state index contributed by atoms with van der Waals surface area (Å²) < 4.78 is 40.1. The van der Waals surface area contributed by atoms with Crippen LogP contribution in [0.3, 0.4) is 0 Å². The predicted octanol–water partition coefficient (Wildman–Crippen LogP) is 3.83. The van der Waals surface area contributed by atoms with E-state index in [9.17, 15) is 17.6 Å². The molecule has 0 radical (unpaired) electrons. The van der Waals surface area contributed by atoms with Crippen LogP contribution in [0.2, 0.25) is 0 Å². The van der Waals surface area contributed by atoms with Gasteiger partial charge in [-0.3, -0.25) is 4.79 Å². The van der Waals surface area contributed by atoms with Crippen LogP contribution in [0.15, 0.2) is 53.4 Å². The van der Waals surface area contributed by atoms with Crippen molar-refractivity contribution in [3.8, 4) is 0 Å². The van der Waals surface area contributed by atoms with E-state index in [2.05, 4.69) is 0 Å². The Morgan fingerprint density at radius 1 is 1.00 bits per heavy atom. The van der Waals surface area contributed by atoms with E-state index in [1.165, 1.54) is 28.6 Å². The summed E-state index contributed by atoms with van der Waals surface area (Å²) in [5.41, 5.74) is 1.23. The molecule has 0 bridgehead atoms. The van der Waals surface area contributed by atoms with Gasteiger partial charge in [0.15, 0.2) is 0 Å². The van der Waals surface area contributed by atoms with E-state index in [0.717, 1.165) is 24.8 Å². The Morgan fingerprint density at radius 3 is 2.14 bits per heavy atom. The second-order valence-electron chi connectivity index (χ2n) is 7.13. The van der Waals surface area contributed by atoms with Crippen molar-refractivity contribution in [1.82, 2.24) is 9.21 Å². The minimum atomic E-state index is -3.52. The fourth-order valence-electron chi connectivity index (χ4n) is 3.37. The largest absolute Gasteiger partial charge is 0.335 e. The molecule has 1 aliphatic rings. The first kappa shape index (κ1) is 20.5. The van der Waals surface area contributed by atoms with Gasteiger partial charge in [0.05, 0.1) is 10.9 Å². The SMILES string of the molecule is C[C@H](c1ccc(F)cc1)N(C)C(=O)c1ccc(S(=O)(=O)N2CCCCC2)cc1. The van der Waals surface area contributed by atoms with Gasteiger partial charge in [-0.25, -0.2) is 12.8 Å². The topological polar surface area (TPSA) is 57.7 Å². The number of sulfonamides is 1. The van der Waals surface area contributed by atoms with E-state index in [1.807, 2.05) is 6.92 Å². The number of piperidine rings is 1. The third-order valence-corrected chi connectivity index (χ3v) is 7.22. The first-order valence-corrected chi connectivity index (χ1v) is 10.9. The number of halogens is 1. The maximum Gasteiger partial charge on any atom is 0.254 e. The summed E-state index contributed by atoms with van der Waals surface area (Å²) in [6.07, 6.45) is 2.81. The van der Waals surface area contributed by atoms with Crippen molar-refractivity contribution in [2.75, 3.05) is 20.1 Å². The number of hydrogen-bond acceptors (Lipinski definition) is 3. The van der Waals surface area contributed by atoms with Crippen LogP contribution >= 0.6 is 0 Å². The second kappa shape index (κ2) is 8.41. The maximum atomic E-state index is 13.1. The molecule has 1 atom stereocenters. The first-order chi connectivity index (χ1) is 13.3. The Balaban J connectivity index is 1.75. The molecule has 3 rings (SSSR count). The molecule has 2 aromatic carbocycles. The highest BCUT2D eigenvalue weighted by Crippen LogP contribution is 2.23. The van der Waals surface area contributed by atoms with E-state index in [4.69, 9.17) is 0 Å². The quantitative estimate of drug-likeness (QED) is 0.761. The Labute approximate surface area is 165 Å². The van der Waals surface area contributed by atoms with Crippen LogP contribution in [0.5, 0.6) is 0 Å². The van der Waals surface area contributed by atoms with Crippen molar-refractivity contribution >= 4 is 15.9 Å². The Morgan fingerprint density at radius 2 is 1.57 bits per heavy atom. The summed E-state index contributed by atoms with van der Waals surface area (Å²) in [6, 6.07) is 11.9. The molecule has 150 valence electrons. The van der Waals surface area contributed by atoms with Gasteiger partial charge in [0.1, 0.15) is 5.82 Å². The average molecular weight is 405 g/mol. The minimum Gasteiger partial charge on any atom is -0.335 e. The number of carbonyl (C=O) groups excluding carboxylic acids is 1. The fourth-order valence-corrected chi connectivity index (χ4v) is 4.89. The molecule has 5 nitrogen and oxygen atoms in total. The molecule has 1 saturated heterocycles. The van der Waals surface area contributed by atoms with Crippen LogP contribution in [-0.2, 0) is 10.0 Å². The molecule has 0 saturated carbocycles. The van der Waals surface area contributed by atoms with Crippen LogP contribution in [0.1, 0.15) is 48.1 Å². The zero-order valence-electron chi connectivity index (χ0n) is 16.1. The maximum absolute atomic E-state index is 13.1. The molecular formula is C21H25FN2O3S. The summed E-state index contributed by atoms with van der Waals surface area (Å²) in [4.78, 5) is 14.5. The van der Waals surface area contributed by atoms with Gasteiger partial charge in [-0.05, 0) is 61.7 Å². The van der Waals surface area contributed by atoms with Crippen molar-refractivity contribution in [2.24, 2.45) is 0 Å². The summed E-state index contributed by atoms with van der Waals surface area (Å²) in [7, 11) is -1.84. The molecule has 0 aliphatic carbocycles. The first-order valence-electron chi connectivity index (χ1n) is 9.43. The van der Waals surface area contributed by atoms with E-state index >= 15 is 0 Å². The average Bonchev–Trinajstić information content (AvgIpc) is 2.73. The number of hydrogen-bond donors (Lipinski definition) is 0. The highest BCUT2D eigenvalue weighted by Gasteiger charge is 2.26. The van der Waals surface area contributed by atoms with Crippen LogP contribution in [0.4, 0.5) is 4.39 Å². The highest BCUT2D eigenvalue weighted by atomic mass is 32.2. The normalized spacial score (nSPS) is 16.5. The van der Waals surface area contributed by atoms with Gasteiger partial charge in [0, 0.05) is 25.7 Å². The third kappa shape index (κ3) is 4.25. The smallest absolute Gasteiger partial charge is 0.254 e. The lowest BCUT2D eigenvalue weighted by Gasteiger charge is -2.26. The molecule has 0 N–H and O–H groups in total. The molecule has 28 heavy (non-hydrogen) atoms. The third-order valence-electron chi connectivity index (χ3n) is 5.31. The molecular weight excluding hydrogens is 379 g/mol. The van der Waals surface area contributed by atoms with Crippen molar-refractivity contribution in [2.45, 2.75) is 37.1 Å². The molecule has 1 amide bonds. The van der Waals surface area contributed by atoms with Gasteiger partial charge in [-0.15, -0.1) is 0 Å². The molecule has 0 aromatic heterocycles. The van der Waals surface area contributed by atoms with Gasteiger partial charge in [0.2, 0.25) is 10.0 Å². The summed E-state index contributed by atoms with van der Waals surface area (Å²) in [5, 5.41) is 0. The van der Waals surface area contributed by atoms with E-state index in [1.54, 1.807) is 36.2 Å². The molecule has 1 heterocycles. The lowest BCUT2D eigenvalue weighted by molar-refractivity contribution is 0.0742. The number of carbonyl (C=O) groups is 1. The monoisotopic (exact) mass is 404 g/mol. The number of rotatable bonds is 5. The lowest BCUT2D eigenvalue weighted by Crippen LogP contribution is -2.35. The van der Waals surface area contributed by atoms with E-state index in [-0.39, 0.29) is 22.7 Å². The van der Waals surface area contributed by atoms with Crippen molar-refractivity contribution in [3.05, 3.63) is 65.5 Å². The van der Waals surface area contributed by atoms with Gasteiger partial charge in [-0.2, -0.15) is 4.31 Å². The zero-order valence-corrected chi connectivity index (χ0v) is 17.0. The Hall–Kier alpha value is -2.25. The van der Waals surface area contributed by atoms with Crippen molar-refractivity contribution in [3.63, 3.8) is 0 Å². The predicted molar refractivity (Wildman–Crippen MR) is 106 cm³/mol. The number of amides is 1. The van der Waals surface area contributed by atoms with E-state index in [0.29, 0.717) is 18.7 Å². The summed E-state index contributed by atoms with van der Waals surface area (Å²) in [6.45, 7) is 2.95. The molecule has 1 aliphatic heterocycles. The van der Waals surface area contributed by atoms with Crippen LogP contribution in [-0.4, -0.2) is 43.7 Å². The van der Waals surface area contributed by atoms with Crippen molar-refractivity contribution in [1.29, 1.82) is 0 Å². The van der Waals surface area contributed by atoms with Gasteiger partial charge in [0.25, 0.3) is 5.91 Å². The lowest BCUT2D eigenvalue weighted by atomic mass is 10.1. The number of benzene rings is 2. The van der Waals surface area contributed by atoms with Gasteiger partial charge in [-0.1, -0.05) is 18.6 Å². The summed E-state index contributed by atoms with van der Waals surface area (Å²) in [5.74, 6) is -0.547. The van der Waals surface area contributed by atoms with Crippen LogP contribution < -0.4 is 0 Å². The Bertz CT molecular complexity index is 921. The summed E-state index contributed by atoms with van der Waals surface area (Å²) >= 11 is 0. The van der Waals surface area contributed by atoms with Crippen LogP contribution in [0.25, 0.3) is 0 Å². The molecule has 1 fully saturated rings. The second-order valence-corrected chi connectivity index (χ2v) is 9.07. The standard InChI is InChI=1S/C21H25FN2O3S/c1-16(17-6-10-19(22)11-7-17)23(2)21(25)18-8-12-20(13-9-18)28(26,27)24-14-4-3-5-15-24/h6-13,16H,3-5,14-15H2,1-2H3/t16-/m1/s1. The molecule has 2 aromatic rings. The molecule has 0 unspecified atom stereocenters. The molecule has 7 heteroatoms.